The standard InChI is InChI=1S/C14H14N2O2S/c1-9-3-2-4-10(5-9)6-13-15-14(18-16-13)11-7-19-8-12(11)17/h2-5,11H,6-8H2,1H3. The number of ketones is 1. The van der Waals surface area contributed by atoms with Crippen LogP contribution in [0.5, 0.6) is 0 Å². The zero-order valence-electron chi connectivity index (χ0n) is 10.6. The SMILES string of the molecule is Cc1cccc(Cc2noc(C3CSCC3=O)n2)c1. The normalized spacial score (nSPS) is 19.0. The van der Waals surface area contributed by atoms with E-state index in [1.54, 1.807) is 11.8 Å². The van der Waals surface area contributed by atoms with Gasteiger partial charge < -0.3 is 4.52 Å². The minimum Gasteiger partial charge on any atom is -0.339 e. The lowest BCUT2D eigenvalue weighted by molar-refractivity contribution is -0.117. The van der Waals surface area contributed by atoms with Crippen LogP contribution in [0.15, 0.2) is 28.8 Å². The summed E-state index contributed by atoms with van der Waals surface area (Å²) in [6, 6.07) is 8.22. The molecule has 1 aromatic heterocycles. The van der Waals surface area contributed by atoms with E-state index in [1.807, 2.05) is 12.1 Å². The highest BCUT2D eigenvalue weighted by Crippen LogP contribution is 2.28. The number of Topliss-reactive ketones (excluding diaryl/α,β-unsaturated/α-hetero) is 1. The van der Waals surface area contributed by atoms with Crippen molar-refractivity contribution in [3.05, 3.63) is 47.1 Å². The molecule has 5 heteroatoms. The Morgan fingerprint density at radius 1 is 1.47 bits per heavy atom. The van der Waals surface area contributed by atoms with Crippen LogP contribution in [-0.2, 0) is 11.2 Å². The van der Waals surface area contributed by atoms with Crippen molar-refractivity contribution in [2.24, 2.45) is 0 Å². The first kappa shape index (κ1) is 12.4. The number of thioether (sulfide) groups is 1. The van der Waals surface area contributed by atoms with E-state index in [4.69, 9.17) is 4.52 Å². The van der Waals surface area contributed by atoms with Gasteiger partial charge in [0.25, 0.3) is 0 Å². The lowest BCUT2D eigenvalue weighted by Gasteiger charge is -1.99. The summed E-state index contributed by atoms with van der Waals surface area (Å²) in [5, 5.41) is 3.97. The highest BCUT2D eigenvalue weighted by molar-refractivity contribution is 8.00. The summed E-state index contributed by atoms with van der Waals surface area (Å²) in [6.45, 7) is 2.06. The highest BCUT2D eigenvalue weighted by Gasteiger charge is 2.31. The van der Waals surface area contributed by atoms with Crippen molar-refractivity contribution < 1.29 is 9.32 Å². The molecule has 98 valence electrons. The average molecular weight is 274 g/mol. The first-order chi connectivity index (χ1) is 9.22. The number of carbonyl (C=O) groups is 1. The van der Waals surface area contributed by atoms with Gasteiger partial charge in [0, 0.05) is 12.2 Å². The van der Waals surface area contributed by atoms with Gasteiger partial charge in [-0.05, 0) is 12.5 Å². The van der Waals surface area contributed by atoms with Gasteiger partial charge in [0.1, 0.15) is 5.92 Å². The predicted octanol–water partition coefficient (Wildman–Crippen LogP) is 2.37. The summed E-state index contributed by atoms with van der Waals surface area (Å²) in [7, 11) is 0. The Morgan fingerprint density at radius 2 is 2.37 bits per heavy atom. The lowest BCUT2D eigenvalue weighted by Crippen LogP contribution is -2.09. The molecule has 1 aromatic carbocycles. The van der Waals surface area contributed by atoms with Crippen LogP contribution in [0.4, 0.5) is 0 Å². The average Bonchev–Trinajstić information content (AvgIpc) is 2.98. The number of aromatic nitrogens is 2. The molecule has 4 nitrogen and oxygen atoms in total. The Balaban J connectivity index is 1.76. The smallest absolute Gasteiger partial charge is 0.238 e. The van der Waals surface area contributed by atoms with Crippen molar-refractivity contribution >= 4 is 17.5 Å². The van der Waals surface area contributed by atoms with E-state index in [9.17, 15) is 4.79 Å². The summed E-state index contributed by atoms with van der Waals surface area (Å²) in [5.74, 6) is 2.41. The number of benzene rings is 1. The molecule has 1 unspecified atom stereocenters. The zero-order valence-corrected chi connectivity index (χ0v) is 11.4. The van der Waals surface area contributed by atoms with Crippen LogP contribution in [0.25, 0.3) is 0 Å². The number of hydrogen-bond acceptors (Lipinski definition) is 5. The fraction of sp³-hybridized carbons (Fsp3) is 0.357. The lowest BCUT2D eigenvalue weighted by atomic mass is 10.1. The fourth-order valence-corrected chi connectivity index (χ4v) is 3.25. The van der Waals surface area contributed by atoms with Crippen LogP contribution in [0, 0.1) is 6.92 Å². The van der Waals surface area contributed by atoms with Crippen molar-refractivity contribution in [3.63, 3.8) is 0 Å². The number of hydrogen-bond donors (Lipinski definition) is 0. The van der Waals surface area contributed by atoms with Crippen LogP contribution in [0.2, 0.25) is 0 Å². The Hall–Kier alpha value is -1.62. The first-order valence-corrected chi connectivity index (χ1v) is 7.36. The number of rotatable bonds is 3. The topological polar surface area (TPSA) is 56.0 Å². The molecule has 0 bridgehead atoms. The molecular formula is C14H14N2O2S. The third kappa shape index (κ3) is 2.71. The largest absolute Gasteiger partial charge is 0.339 e. The molecule has 0 aliphatic carbocycles. The van der Waals surface area contributed by atoms with Crippen molar-refractivity contribution in [2.45, 2.75) is 19.3 Å². The monoisotopic (exact) mass is 274 g/mol. The van der Waals surface area contributed by atoms with E-state index in [2.05, 4.69) is 29.2 Å². The van der Waals surface area contributed by atoms with Gasteiger partial charge in [0.15, 0.2) is 11.6 Å². The van der Waals surface area contributed by atoms with E-state index in [0.717, 1.165) is 11.3 Å². The van der Waals surface area contributed by atoms with Gasteiger partial charge in [-0.25, -0.2) is 0 Å². The molecule has 1 aliphatic rings. The number of aryl methyl sites for hydroxylation is 1. The Kier molecular flexibility index (Phi) is 3.38. The van der Waals surface area contributed by atoms with Crippen LogP contribution in [0.1, 0.15) is 28.8 Å². The second-order valence-corrected chi connectivity index (χ2v) is 5.78. The maximum Gasteiger partial charge on any atom is 0.238 e. The van der Waals surface area contributed by atoms with Crippen LogP contribution in [-0.4, -0.2) is 27.4 Å². The minimum absolute atomic E-state index is 0.191. The number of carbonyl (C=O) groups excluding carboxylic acids is 1. The van der Waals surface area contributed by atoms with Crippen LogP contribution < -0.4 is 0 Å². The summed E-state index contributed by atoms with van der Waals surface area (Å²) in [6.07, 6.45) is 0.638. The van der Waals surface area contributed by atoms with Gasteiger partial charge in [-0.1, -0.05) is 35.0 Å². The minimum atomic E-state index is -0.205. The molecule has 2 aromatic rings. The van der Waals surface area contributed by atoms with Gasteiger partial charge >= 0.3 is 0 Å². The molecular weight excluding hydrogens is 260 g/mol. The predicted molar refractivity (Wildman–Crippen MR) is 73.4 cm³/mol. The van der Waals surface area contributed by atoms with E-state index >= 15 is 0 Å². The maximum atomic E-state index is 11.6. The molecule has 0 N–H and O–H groups in total. The van der Waals surface area contributed by atoms with E-state index < -0.39 is 0 Å². The molecule has 0 saturated carbocycles. The van der Waals surface area contributed by atoms with Crippen molar-refractivity contribution in [3.8, 4) is 0 Å². The highest BCUT2D eigenvalue weighted by atomic mass is 32.2. The third-order valence-corrected chi connectivity index (χ3v) is 4.20. The quantitative estimate of drug-likeness (QED) is 0.860. The molecule has 0 spiro atoms. The summed E-state index contributed by atoms with van der Waals surface area (Å²) < 4.78 is 5.23. The molecule has 3 rings (SSSR count). The Bertz CT molecular complexity index is 609. The van der Waals surface area contributed by atoms with E-state index in [0.29, 0.717) is 23.9 Å². The maximum absolute atomic E-state index is 11.6. The van der Waals surface area contributed by atoms with Gasteiger partial charge in [-0.2, -0.15) is 16.7 Å². The molecule has 0 amide bonds. The fourth-order valence-electron chi connectivity index (χ4n) is 2.17. The second kappa shape index (κ2) is 5.17. The molecule has 1 saturated heterocycles. The Morgan fingerprint density at radius 3 is 3.11 bits per heavy atom. The third-order valence-electron chi connectivity index (χ3n) is 3.14. The Labute approximate surface area is 115 Å². The summed E-state index contributed by atoms with van der Waals surface area (Å²) >= 11 is 1.62. The van der Waals surface area contributed by atoms with Crippen LogP contribution in [0.3, 0.4) is 0 Å². The summed E-state index contributed by atoms with van der Waals surface area (Å²) in [5.41, 5.74) is 2.36. The van der Waals surface area contributed by atoms with Gasteiger partial charge in [-0.3, -0.25) is 4.79 Å². The molecule has 1 fully saturated rings. The molecule has 1 aliphatic heterocycles. The van der Waals surface area contributed by atoms with Crippen molar-refractivity contribution in [1.29, 1.82) is 0 Å². The van der Waals surface area contributed by atoms with Crippen molar-refractivity contribution in [2.75, 3.05) is 11.5 Å². The van der Waals surface area contributed by atoms with Gasteiger partial charge in [0.05, 0.1) is 5.75 Å². The van der Waals surface area contributed by atoms with Gasteiger partial charge in [-0.15, -0.1) is 0 Å². The first-order valence-electron chi connectivity index (χ1n) is 6.21. The number of nitrogens with zero attached hydrogens (tertiary/aromatic N) is 2. The second-order valence-electron chi connectivity index (χ2n) is 4.75. The molecule has 19 heavy (non-hydrogen) atoms. The van der Waals surface area contributed by atoms with Crippen LogP contribution >= 0.6 is 11.8 Å². The van der Waals surface area contributed by atoms with Gasteiger partial charge in [0.2, 0.25) is 5.89 Å². The zero-order chi connectivity index (χ0) is 13.2. The molecule has 2 heterocycles. The molecule has 0 radical (unpaired) electrons. The van der Waals surface area contributed by atoms with Crippen molar-refractivity contribution in [1.82, 2.24) is 10.1 Å². The summed E-state index contributed by atoms with van der Waals surface area (Å²) in [4.78, 5) is 16.0. The van der Waals surface area contributed by atoms with E-state index in [-0.39, 0.29) is 11.7 Å². The molecule has 1 atom stereocenters. The van der Waals surface area contributed by atoms with E-state index in [1.165, 1.54) is 5.56 Å².